The van der Waals surface area contributed by atoms with Crippen molar-refractivity contribution >= 4 is 21.8 Å². The molecular formula is C16H25N5O3S. The van der Waals surface area contributed by atoms with Crippen LogP contribution in [0.1, 0.15) is 10.4 Å². The molecule has 9 heteroatoms. The summed E-state index contributed by atoms with van der Waals surface area (Å²) in [6, 6.07) is 6.96. The highest BCUT2D eigenvalue weighted by Crippen LogP contribution is 2.18. The van der Waals surface area contributed by atoms with Gasteiger partial charge in [-0.2, -0.15) is 17.0 Å². The number of hydrogen-bond donors (Lipinski definition) is 1. The number of nitrogens with zero attached hydrogens (tertiary/aromatic N) is 4. The molecule has 1 aromatic rings. The van der Waals surface area contributed by atoms with Crippen molar-refractivity contribution in [2.75, 3.05) is 65.1 Å². The molecule has 0 atom stereocenters. The Labute approximate surface area is 149 Å². The number of benzene rings is 1. The van der Waals surface area contributed by atoms with E-state index in [9.17, 15) is 13.2 Å². The molecule has 1 amide bonds. The molecule has 0 unspecified atom stereocenters. The second-order valence-electron chi connectivity index (χ2n) is 6.49. The van der Waals surface area contributed by atoms with Gasteiger partial charge in [-0.1, -0.05) is 12.1 Å². The van der Waals surface area contributed by atoms with E-state index in [1.54, 1.807) is 33.5 Å². The van der Waals surface area contributed by atoms with Crippen LogP contribution in [0.3, 0.4) is 0 Å². The summed E-state index contributed by atoms with van der Waals surface area (Å²) in [6.45, 7) is 3.88. The fourth-order valence-electron chi connectivity index (χ4n) is 3.17. The van der Waals surface area contributed by atoms with Crippen molar-refractivity contribution in [3.8, 4) is 0 Å². The Morgan fingerprint density at radius 1 is 0.920 bits per heavy atom. The van der Waals surface area contributed by atoms with E-state index in [0.29, 0.717) is 50.5 Å². The van der Waals surface area contributed by atoms with Crippen LogP contribution in [0.4, 0.5) is 5.69 Å². The Morgan fingerprint density at radius 2 is 1.44 bits per heavy atom. The van der Waals surface area contributed by atoms with Crippen LogP contribution < -0.4 is 5.73 Å². The van der Waals surface area contributed by atoms with Gasteiger partial charge in [0.05, 0.1) is 5.56 Å². The smallest absolute Gasteiger partial charge is 0.282 e. The number of nitrogens with two attached hydrogens (primary N) is 1. The lowest BCUT2D eigenvalue weighted by molar-refractivity contribution is 0.0693. The third-order valence-corrected chi connectivity index (χ3v) is 6.87. The van der Waals surface area contributed by atoms with Crippen molar-refractivity contribution in [2.45, 2.75) is 0 Å². The molecule has 0 radical (unpaired) electrons. The van der Waals surface area contributed by atoms with Crippen LogP contribution in [-0.4, -0.2) is 92.1 Å². The molecule has 0 aliphatic carbocycles. The highest BCUT2D eigenvalue weighted by Gasteiger charge is 2.34. The minimum atomic E-state index is -3.45. The second kappa shape index (κ2) is 7.28. The predicted octanol–water partition coefficient (Wildman–Crippen LogP) is -0.481. The van der Waals surface area contributed by atoms with Gasteiger partial charge in [0.1, 0.15) is 0 Å². The average molecular weight is 367 g/mol. The maximum absolute atomic E-state index is 12.8. The van der Waals surface area contributed by atoms with Crippen LogP contribution in [0, 0.1) is 0 Å². The van der Waals surface area contributed by atoms with E-state index >= 15 is 0 Å². The summed E-state index contributed by atoms with van der Waals surface area (Å²) in [7, 11) is -1.46. The number of rotatable bonds is 3. The number of nitrogen functional groups attached to an aromatic ring is 1. The molecule has 2 fully saturated rings. The molecule has 2 N–H and O–H groups in total. The Balaban J connectivity index is 1.62. The van der Waals surface area contributed by atoms with Crippen LogP contribution in [-0.2, 0) is 10.2 Å². The molecule has 3 rings (SSSR count). The number of anilines is 1. The molecule has 8 nitrogen and oxygen atoms in total. The predicted molar refractivity (Wildman–Crippen MR) is 96.3 cm³/mol. The zero-order valence-corrected chi connectivity index (χ0v) is 15.3. The summed E-state index contributed by atoms with van der Waals surface area (Å²) in [4.78, 5) is 16.4. The summed E-state index contributed by atoms with van der Waals surface area (Å²) < 4.78 is 28.5. The third-order valence-electron chi connectivity index (χ3n) is 4.83. The van der Waals surface area contributed by atoms with Gasteiger partial charge in [-0.05, 0) is 19.2 Å². The first kappa shape index (κ1) is 18.1. The van der Waals surface area contributed by atoms with Gasteiger partial charge >= 0.3 is 0 Å². The Bertz CT molecular complexity index is 723. The summed E-state index contributed by atoms with van der Waals surface area (Å²) in [6.07, 6.45) is 0. The average Bonchev–Trinajstić information content (AvgIpc) is 2.62. The lowest BCUT2D eigenvalue weighted by Gasteiger charge is -2.39. The number of hydrogen-bond acceptors (Lipinski definition) is 5. The van der Waals surface area contributed by atoms with E-state index in [2.05, 4.69) is 4.90 Å². The molecule has 2 aliphatic rings. The Morgan fingerprint density at radius 3 is 2.00 bits per heavy atom. The number of para-hydroxylation sites is 1. The van der Waals surface area contributed by atoms with Crippen molar-refractivity contribution in [1.82, 2.24) is 18.4 Å². The number of piperazine rings is 2. The fraction of sp³-hybridized carbons (Fsp3) is 0.562. The van der Waals surface area contributed by atoms with E-state index in [0.717, 1.165) is 13.1 Å². The summed E-state index contributed by atoms with van der Waals surface area (Å²) in [5, 5.41) is 0. The SMILES string of the molecule is CN1CCN(S(=O)(=O)N2CCN(C(=O)c3ccccc3N)CC2)CC1. The zero-order valence-electron chi connectivity index (χ0n) is 14.5. The topological polar surface area (TPSA) is 90.2 Å². The Hall–Kier alpha value is -1.68. The molecule has 2 aliphatic heterocycles. The molecule has 0 spiro atoms. The first-order valence-electron chi connectivity index (χ1n) is 8.47. The highest BCUT2D eigenvalue weighted by atomic mass is 32.2. The van der Waals surface area contributed by atoms with Gasteiger partial charge in [-0.15, -0.1) is 0 Å². The maximum atomic E-state index is 12.8. The van der Waals surface area contributed by atoms with Crippen molar-refractivity contribution in [3.05, 3.63) is 29.8 Å². The van der Waals surface area contributed by atoms with Crippen LogP contribution in [0.5, 0.6) is 0 Å². The molecule has 0 aromatic heterocycles. The van der Waals surface area contributed by atoms with Gasteiger partial charge in [0.15, 0.2) is 0 Å². The normalized spacial score (nSPS) is 21.4. The van der Waals surface area contributed by atoms with E-state index in [4.69, 9.17) is 5.73 Å². The zero-order chi connectivity index (χ0) is 18.0. The first-order chi connectivity index (χ1) is 11.9. The van der Waals surface area contributed by atoms with Crippen molar-refractivity contribution < 1.29 is 13.2 Å². The summed E-state index contributed by atoms with van der Waals surface area (Å²) in [5.74, 6) is -0.144. The molecule has 2 saturated heterocycles. The minimum absolute atomic E-state index is 0.144. The molecule has 138 valence electrons. The van der Waals surface area contributed by atoms with Crippen LogP contribution in [0.25, 0.3) is 0 Å². The number of carbonyl (C=O) groups excluding carboxylic acids is 1. The minimum Gasteiger partial charge on any atom is -0.398 e. The summed E-state index contributed by atoms with van der Waals surface area (Å²) in [5.41, 5.74) is 6.78. The largest absolute Gasteiger partial charge is 0.398 e. The van der Waals surface area contributed by atoms with E-state index in [1.165, 1.54) is 4.31 Å². The first-order valence-corrected chi connectivity index (χ1v) is 9.87. The molecular weight excluding hydrogens is 342 g/mol. The molecule has 0 bridgehead atoms. The van der Waals surface area contributed by atoms with E-state index in [-0.39, 0.29) is 5.91 Å². The van der Waals surface area contributed by atoms with Gasteiger partial charge in [0, 0.05) is 58.0 Å². The fourth-order valence-corrected chi connectivity index (χ4v) is 4.74. The molecule has 25 heavy (non-hydrogen) atoms. The highest BCUT2D eigenvalue weighted by molar-refractivity contribution is 7.86. The number of carbonyl (C=O) groups is 1. The van der Waals surface area contributed by atoms with Crippen LogP contribution in [0.15, 0.2) is 24.3 Å². The Kier molecular flexibility index (Phi) is 5.28. The van der Waals surface area contributed by atoms with E-state index < -0.39 is 10.2 Å². The molecule has 1 aromatic carbocycles. The van der Waals surface area contributed by atoms with Crippen LogP contribution >= 0.6 is 0 Å². The standard InChI is InChI=1S/C16H25N5O3S/c1-18-6-10-20(11-7-18)25(23,24)21-12-8-19(9-13-21)16(22)14-4-2-3-5-15(14)17/h2-5H,6-13,17H2,1H3. The number of amides is 1. The lowest BCUT2D eigenvalue weighted by Crippen LogP contribution is -2.57. The van der Waals surface area contributed by atoms with Gasteiger partial charge in [-0.3, -0.25) is 4.79 Å². The van der Waals surface area contributed by atoms with Gasteiger partial charge in [0.25, 0.3) is 16.1 Å². The van der Waals surface area contributed by atoms with Crippen LogP contribution in [0.2, 0.25) is 0 Å². The second-order valence-corrected chi connectivity index (χ2v) is 8.42. The monoisotopic (exact) mass is 367 g/mol. The van der Waals surface area contributed by atoms with E-state index in [1.807, 2.05) is 7.05 Å². The quantitative estimate of drug-likeness (QED) is 0.729. The van der Waals surface area contributed by atoms with Crippen molar-refractivity contribution in [2.24, 2.45) is 0 Å². The van der Waals surface area contributed by atoms with Gasteiger partial charge in [-0.25, -0.2) is 0 Å². The third kappa shape index (κ3) is 3.79. The van der Waals surface area contributed by atoms with Crippen molar-refractivity contribution in [3.63, 3.8) is 0 Å². The van der Waals surface area contributed by atoms with Gasteiger partial charge < -0.3 is 15.5 Å². The molecule has 0 saturated carbocycles. The van der Waals surface area contributed by atoms with Gasteiger partial charge in [0.2, 0.25) is 0 Å². The maximum Gasteiger partial charge on any atom is 0.282 e. The summed E-state index contributed by atoms with van der Waals surface area (Å²) >= 11 is 0. The lowest BCUT2D eigenvalue weighted by atomic mass is 10.1. The number of likely N-dealkylation sites (N-methyl/N-ethyl adjacent to an activating group) is 1. The molecule has 2 heterocycles. The van der Waals surface area contributed by atoms with Crippen molar-refractivity contribution in [1.29, 1.82) is 0 Å².